The number of carbonyl (C=O) groups excluding carboxylic acids is 1. The van der Waals surface area contributed by atoms with Crippen LogP contribution in [0.25, 0.3) is 10.7 Å². The van der Waals surface area contributed by atoms with E-state index in [0.717, 1.165) is 22.3 Å². The summed E-state index contributed by atoms with van der Waals surface area (Å²) in [4.78, 5) is 18.0. The quantitative estimate of drug-likeness (QED) is 0.567. The lowest BCUT2D eigenvalue weighted by atomic mass is 10.1. The molecular weight excluding hydrogens is 424 g/mol. The number of thiophene rings is 1. The molecule has 0 saturated carbocycles. The number of amides is 1. The Balaban J connectivity index is 1.78. The summed E-state index contributed by atoms with van der Waals surface area (Å²) in [5.41, 5.74) is 2.45. The van der Waals surface area contributed by atoms with Crippen molar-refractivity contribution < 1.29 is 17.7 Å². The van der Waals surface area contributed by atoms with E-state index in [1.54, 1.807) is 19.1 Å². The molecule has 8 nitrogen and oxygen atoms in total. The van der Waals surface area contributed by atoms with Crippen LogP contribution in [0, 0.1) is 13.8 Å². The molecule has 160 valence electrons. The van der Waals surface area contributed by atoms with Crippen LogP contribution in [-0.4, -0.2) is 36.8 Å². The lowest BCUT2D eigenvalue weighted by Crippen LogP contribution is -2.49. The summed E-state index contributed by atoms with van der Waals surface area (Å²) in [6.45, 7) is 5.63. The number of hydrogen-bond acceptors (Lipinski definition) is 7. The standard InChI is InChI=1S/C20H24N4O4S2/c1-5-16(24(30(4,26)27)15-9-8-13(2)14(3)11-15)20(25)21-12-18-22-19(23-28-18)17-7-6-10-29-17/h6-11,16H,5,12H2,1-4H3,(H,21,25). The van der Waals surface area contributed by atoms with Crippen molar-refractivity contribution in [2.24, 2.45) is 0 Å². The van der Waals surface area contributed by atoms with Crippen molar-refractivity contribution in [3.8, 4) is 10.7 Å². The first-order valence-electron chi connectivity index (χ1n) is 9.41. The van der Waals surface area contributed by atoms with E-state index in [1.807, 2.05) is 37.4 Å². The van der Waals surface area contributed by atoms with Crippen LogP contribution in [0.2, 0.25) is 0 Å². The summed E-state index contributed by atoms with van der Waals surface area (Å²) in [6, 6.07) is 8.19. The fraction of sp³-hybridized carbons (Fsp3) is 0.350. The van der Waals surface area contributed by atoms with Crippen LogP contribution < -0.4 is 9.62 Å². The summed E-state index contributed by atoms with van der Waals surface area (Å²) in [6.07, 6.45) is 1.40. The van der Waals surface area contributed by atoms with Crippen molar-refractivity contribution in [2.45, 2.75) is 39.8 Å². The van der Waals surface area contributed by atoms with Crippen molar-refractivity contribution in [3.05, 3.63) is 52.7 Å². The first-order valence-corrected chi connectivity index (χ1v) is 12.1. The number of carbonyl (C=O) groups is 1. The average Bonchev–Trinajstić information content (AvgIpc) is 3.37. The lowest BCUT2D eigenvalue weighted by molar-refractivity contribution is -0.122. The highest BCUT2D eigenvalue weighted by molar-refractivity contribution is 7.92. The van der Waals surface area contributed by atoms with Gasteiger partial charge in [0.25, 0.3) is 0 Å². The SMILES string of the molecule is CCC(C(=O)NCc1nc(-c2cccs2)no1)N(c1ccc(C)c(C)c1)S(C)(=O)=O. The number of aryl methyl sites for hydroxylation is 2. The first-order chi connectivity index (χ1) is 14.2. The third kappa shape index (κ3) is 4.88. The van der Waals surface area contributed by atoms with Gasteiger partial charge in [-0.25, -0.2) is 8.42 Å². The number of hydrogen-bond donors (Lipinski definition) is 1. The molecule has 3 aromatic rings. The highest BCUT2D eigenvalue weighted by Crippen LogP contribution is 2.25. The van der Waals surface area contributed by atoms with Gasteiger partial charge in [0, 0.05) is 0 Å². The van der Waals surface area contributed by atoms with Gasteiger partial charge in [-0.15, -0.1) is 11.3 Å². The molecule has 10 heteroatoms. The van der Waals surface area contributed by atoms with E-state index in [-0.39, 0.29) is 12.4 Å². The van der Waals surface area contributed by atoms with E-state index in [0.29, 0.717) is 17.9 Å². The molecule has 1 N–H and O–H groups in total. The Morgan fingerprint density at radius 1 is 1.27 bits per heavy atom. The van der Waals surface area contributed by atoms with Crippen molar-refractivity contribution in [3.63, 3.8) is 0 Å². The largest absolute Gasteiger partial charge is 0.345 e. The summed E-state index contributed by atoms with van der Waals surface area (Å²) < 4.78 is 31.5. The molecule has 2 heterocycles. The minimum atomic E-state index is -3.69. The summed E-state index contributed by atoms with van der Waals surface area (Å²) in [5.74, 6) is 0.268. The minimum Gasteiger partial charge on any atom is -0.345 e. The van der Waals surface area contributed by atoms with Gasteiger partial charge in [0.05, 0.1) is 23.4 Å². The Morgan fingerprint density at radius 3 is 2.63 bits per heavy atom. The Morgan fingerprint density at radius 2 is 2.03 bits per heavy atom. The molecule has 1 atom stereocenters. The molecular formula is C20H24N4O4S2. The van der Waals surface area contributed by atoms with Gasteiger partial charge in [0.1, 0.15) is 6.04 Å². The van der Waals surface area contributed by atoms with Gasteiger partial charge in [0.15, 0.2) is 0 Å². The fourth-order valence-electron chi connectivity index (χ4n) is 3.04. The van der Waals surface area contributed by atoms with Crippen molar-refractivity contribution >= 4 is 33.0 Å². The number of rotatable bonds is 8. The molecule has 30 heavy (non-hydrogen) atoms. The van der Waals surface area contributed by atoms with Crippen LogP contribution in [0.4, 0.5) is 5.69 Å². The van der Waals surface area contributed by atoms with Crippen LogP contribution in [0.5, 0.6) is 0 Å². The predicted octanol–water partition coefficient (Wildman–Crippen LogP) is 3.28. The van der Waals surface area contributed by atoms with Crippen molar-refractivity contribution in [1.82, 2.24) is 15.5 Å². The third-order valence-corrected chi connectivity index (χ3v) is 6.74. The predicted molar refractivity (Wildman–Crippen MR) is 117 cm³/mol. The molecule has 0 spiro atoms. The van der Waals surface area contributed by atoms with Gasteiger partial charge in [0.2, 0.25) is 27.6 Å². The molecule has 3 rings (SSSR count). The Bertz CT molecular complexity index is 1120. The number of aromatic nitrogens is 2. The topological polar surface area (TPSA) is 105 Å². The van der Waals surface area contributed by atoms with Crippen LogP contribution in [0.3, 0.4) is 0 Å². The number of benzene rings is 1. The Labute approximate surface area is 180 Å². The number of sulfonamides is 1. The number of anilines is 1. The second-order valence-electron chi connectivity index (χ2n) is 6.96. The second-order valence-corrected chi connectivity index (χ2v) is 9.77. The Hall–Kier alpha value is -2.72. The second kappa shape index (κ2) is 8.97. The zero-order valence-electron chi connectivity index (χ0n) is 17.2. The highest BCUT2D eigenvalue weighted by Gasteiger charge is 2.31. The zero-order valence-corrected chi connectivity index (χ0v) is 18.9. The normalized spacial score (nSPS) is 12.5. The maximum atomic E-state index is 12.9. The van der Waals surface area contributed by atoms with E-state index < -0.39 is 22.0 Å². The molecule has 0 aliphatic carbocycles. The summed E-state index contributed by atoms with van der Waals surface area (Å²) >= 11 is 1.48. The van der Waals surface area contributed by atoms with E-state index in [4.69, 9.17) is 4.52 Å². The monoisotopic (exact) mass is 448 g/mol. The fourth-order valence-corrected chi connectivity index (χ4v) is 4.89. The van der Waals surface area contributed by atoms with Gasteiger partial charge < -0.3 is 9.84 Å². The maximum Gasteiger partial charge on any atom is 0.246 e. The van der Waals surface area contributed by atoms with Gasteiger partial charge in [-0.3, -0.25) is 9.10 Å². The molecule has 0 aliphatic rings. The molecule has 1 amide bonds. The zero-order chi connectivity index (χ0) is 21.9. The van der Waals surface area contributed by atoms with E-state index in [2.05, 4.69) is 15.5 Å². The van der Waals surface area contributed by atoms with Crippen LogP contribution >= 0.6 is 11.3 Å². The van der Waals surface area contributed by atoms with E-state index in [9.17, 15) is 13.2 Å². The molecule has 0 bridgehead atoms. The van der Waals surface area contributed by atoms with Gasteiger partial charge in [-0.2, -0.15) is 4.98 Å². The van der Waals surface area contributed by atoms with Gasteiger partial charge >= 0.3 is 0 Å². The van der Waals surface area contributed by atoms with Crippen molar-refractivity contribution in [1.29, 1.82) is 0 Å². The molecule has 0 aliphatic heterocycles. The van der Waals surface area contributed by atoms with Gasteiger partial charge in [-0.1, -0.05) is 24.2 Å². The highest BCUT2D eigenvalue weighted by atomic mass is 32.2. The average molecular weight is 449 g/mol. The molecule has 0 radical (unpaired) electrons. The van der Waals surface area contributed by atoms with E-state index in [1.165, 1.54) is 15.6 Å². The van der Waals surface area contributed by atoms with Gasteiger partial charge in [-0.05, 0) is 55.0 Å². The molecule has 0 fully saturated rings. The third-order valence-electron chi connectivity index (χ3n) is 4.70. The Kier molecular flexibility index (Phi) is 6.57. The minimum absolute atomic E-state index is 0.0121. The summed E-state index contributed by atoms with van der Waals surface area (Å²) in [7, 11) is -3.69. The summed E-state index contributed by atoms with van der Waals surface area (Å²) in [5, 5.41) is 8.54. The molecule has 1 unspecified atom stereocenters. The smallest absolute Gasteiger partial charge is 0.246 e. The first kappa shape index (κ1) is 22.0. The molecule has 2 aromatic heterocycles. The molecule has 0 saturated heterocycles. The number of nitrogens with one attached hydrogen (secondary N) is 1. The van der Waals surface area contributed by atoms with E-state index >= 15 is 0 Å². The number of nitrogens with zero attached hydrogens (tertiary/aromatic N) is 3. The maximum absolute atomic E-state index is 12.9. The van der Waals surface area contributed by atoms with Crippen LogP contribution in [0.1, 0.15) is 30.4 Å². The lowest BCUT2D eigenvalue weighted by Gasteiger charge is -2.30. The van der Waals surface area contributed by atoms with Crippen LogP contribution in [0.15, 0.2) is 40.2 Å². The van der Waals surface area contributed by atoms with Crippen molar-refractivity contribution in [2.75, 3.05) is 10.6 Å². The molecule has 1 aromatic carbocycles. The van der Waals surface area contributed by atoms with Crippen LogP contribution in [-0.2, 0) is 21.4 Å².